The van der Waals surface area contributed by atoms with Gasteiger partial charge in [-0.05, 0) is 44.7 Å². The van der Waals surface area contributed by atoms with Crippen LogP contribution in [0.15, 0.2) is 29.1 Å². The zero-order valence-corrected chi connectivity index (χ0v) is 18.0. The molecule has 1 aromatic carbocycles. The Kier molecular flexibility index (Phi) is 7.42. The maximum absolute atomic E-state index is 13.1. The summed E-state index contributed by atoms with van der Waals surface area (Å²) in [5, 5.41) is 8.75. The van der Waals surface area contributed by atoms with Crippen molar-refractivity contribution in [3.8, 4) is 0 Å². The number of unbranched alkanes of at least 4 members (excludes halogenated alkanes) is 2. The third kappa shape index (κ3) is 5.44. The van der Waals surface area contributed by atoms with Gasteiger partial charge in [-0.25, -0.2) is 4.68 Å². The summed E-state index contributed by atoms with van der Waals surface area (Å²) in [6.07, 6.45) is 5.49. The van der Waals surface area contributed by atoms with E-state index in [-0.39, 0.29) is 17.5 Å². The van der Waals surface area contributed by atoms with Crippen molar-refractivity contribution in [2.45, 2.75) is 65.5 Å². The van der Waals surface area contributed by atoms with Crippen LogP contribution in [0, 0.1) is 5.92 Å². The summed E-state index contributed by atoms with van der Waals surface area (Å²) < 4.78 is 1.46. The van der Waals surface area contributed by atoms with Gasteiger partial charge in [0.25, 0.3) is 11.5 Å². The highest BCUT2D eigenvalue weighted by atomic mass is 16.2. The summed E-state index contributed by atoms with van der Waals surface area (Å²) in [6, 6.07) is 7.30. The van der Waals surface area contributed by atoms with Gasteiger partial charge in [0.1, 0.15) is 0 Å². The van der Waals surface area contributed by atoms with Crippen molar-refractivity contribution in [2.24, 2.45) is 5.92 Å². The maximum atomic E-state index is 13.1. The molecule has 2 aromatic rings. The number of aromatic nitrogens is 2. The van der Waals surface area contributed by atoms with Crippen LogP contribution < -0.4 is 10.9 Å². The minimum Gasteiger partial charge on any atom is -0.347 e. The van der Waals surface area contributed by atoms with Crippen molar-refractivity contribution < 1.29 is 4.79 Å². The highest BCUT2D eigenvalue weighted by Crippen LogP contribution is 2.16. The molecule has 0 saturated carbocycles. The zero-order valence-electron chi connectivity index (χ0n) is 18.0. The first-order valence-corrected chi connectivity index (χ1v) is 11.0. The lowest BCUT2D eigenvalue weighted by Gasteiger charge is -2.32. The summed E-state index contributed by atoms with van der Waals surface area (Å²) in [7, 11) is 0. The summed E-state index contributed by atoms with van der Waals surface area (Å²) in [5.41, 5.74) is 0.221. The van der Waals surface area contributed by atoms with E-state index in [1.165, 1.54) is 17.5 Å². The van der Waals surface area contributed by atoms with E-state index in [1.54, 1.807) is 6.07 Å². The highest BCUT2D eigenvalue weighted by Gasteiger charge is 2.21. The van der Waals surface area contributed by atoms with Crippen molar-refractivity contribution in [1.82, 2.24) is 20.0 Å². The number of carbonyl (C=O) groups is 1. The molecular weight excluding hydrogens is 364 g/mol. The number of nitrogens with zero attached hydrogens (tertiary/aromatic N) is 3. The smallest absolute Gasteiger partial charge is 0.274 e. The van der Waals surface area contributed by atoms with Crippen molar-refractivity contribution in [3.05, 3.63) is 40.3 Å². The molecule has 29 heavy (non-hydrogen) atoms. The van der Waals surface area contributed by atoms with Crippen LogP contribution in [0.4, 0.5) is 0 Å². The number of hydrogen-bond donors (Lipinski definition) is 1. The van der Waals surface area contributed by atoms with Gasteiger partial charge in [0, 0.05) is 31.1 Å². The second-order valence-electron chi connectivity index (χ2n) is 8.51. The average Bonchev–Trinajstić information content (AvgIpc) is 2.69. The molecule has 1 N–H and O–H groups in total. The summed E-state index contributed by atoms with van der Waals surface area (Å²) in [5.74, 6) is 0.506. The quantitative estimate of drug-likeness (QED) is 0.692. The lowest BCUT2D eigenvalue weighted by atomic mass is 10.00. The fourth-order valence-electron chi connectivity index (χ4n) is 4.24. The number of benzene rings is 1. The second kappa shape index (κ2) is 10.0. The lowest BCUT2D eigenvalue weighted by Crippen LogP contribution is -2.45. The molecule has 1 amide bonds. The van der Waals surface area contributed by atoms with Crippen LogP contribution in [0.1, 0.15) is 63.4 Å². The Morgan fingerprint density at radius 3 is 2.76 bits per heavy atom. The monoisotopic (exact) mass is 398 g/mol. The SMILES string of the molecule is CCCCCn1nc(C(=O)NC(C)CN2CCCC(C)C2)c2ccccc2c1=O. The molecule has 2 heterocycles. The van der Waals surface area contributed by atoms with E-state index in [9.17, 15) is 9.59 Å². The maximum Gasteiger partial charge on any atom is 0.274 e. The molecule has 1 saturated heterocycles. The van der Waals surface area contributed by atoms with Crippen molar-refractivity contribution in [2.75, 3.05) is 19.6 Å². The largest absolute Gasteiger partial charge is 0.347 e. The number of carbonyl (C=O) groups excluding carboxylic acids is 1. The predicted octanol–water partition coefficient (Wildman–Crippen LogP) is 3.44. The van der Waals surface area contributed by atoms with Gasteiger partial charge in [0.2, 0.25) is 0 Å². The highest BCUT2D eigenvalue weighted by molar-refractivity contribution is 6.04. The van der Waals surface area contributed by atoms with Crippen LogP contribution in [-0.2, 0) is 6.54 Å². The number of piperidine rings is 1. The number of amides is 1. The lowest BCUT2D eigenvalue weighted by molar-refractivity contribution is 0.0914. The van der Waals surface area contributed by atoms with Gasteiger partial charge in [-0.1, -0.05) is 44.9 Å². The number of hydrogen-bond acceptors (Lipinski definition) is 4. The van der Waals surface area contributed by atoms with E-state index in [0.717, 1.165) is 38.9 Å². The fourth-order valence-corrected chi connectivity index (χ4v) is 4.24. The van der Waals surface area contributed by atoms with Gasteiger partial charge in [-0.15, -0.1) is 0 Å². The molecule has 0 radical (unpaired) electrons. The molecule has 1 aromatic heterocycles. The molecule has 0 spiro atoms. The van der Waals surface area contributed by atoms with Crippen LogP contribution in [0.2, 0.25) is 0 Å². The van der Waals surface area contributed by atoms with E-state index in [0.29, 0.717) is 28.9 Å². The average molecular weight is 399 g/mol. The standard InChI is InChI=1S/C23H34N4O2/c1-4-5-8-14-27-23(29)20-12-7-6-11-19(20)21(25-27)22(28)24-18(3)16-26-13-9-10-17(2)15-26/h6-7,11-12,17-18H,4-5,8-10,13-16H2,1-3H3,(H,24,28). The van der Waals surface area contributed by atoms with E-state index in [2.05, 4.69) is 29.2 Å². The van der Waals surface area contributed by atoms with Gasteiger partial charge >= 0.3 is 0 Å². The Bertz CT molecular complexity index is 892. The third-order valence-corrected chi connectivity index (χ3v) is 5.71. The van der Waals surface area contributed by atoms with Crippen molar-refractivity contribution in [3.63, 3.8) is 0 Å². The third-order valence-electron chi connectivity index (χ3n) is 5.71. The molecule has 6 heteroatoms. The molecule has 158 valence electrons. The predicted molar refractivity (Wildman–Crippen MR) is 117 cm³/mol. The molecule has 0 bridgehead atoms. The Labute approximate surface area is 173 Å². The van der Waals surface area contributed by atoms with E-state index in [4.69, 9.17) is 0 Å². The molecule has 3 rings (SSSR count). The number of nitrogens with one attached hydrogen (secondary N) is 1. The number of fused-ring (bicyclic) bond motifs is 1. The Balaban J connectivity index is 1.78. The van der Waals surface area contributed by atoms with Gasteiger partial charge in [-0.3, -0.25) is 9.59 Å². The minimum atomic E-state index is -0.206. The van der Waals surface area contributed by atoms with Crippen LogP contribution in [0.3, 0.4) is 0 Å². The van der Waals surface area contributed by atoms with Crippen molar-refractivity contribution >= 4 is 16.7 Å². The van der Waals surface area contributed by atoms with Gasteiger partial charge in [0.15, 0.2) is 5.69 Å². The zero-order chi connectivity index (χ0) is 20.8. The summed E-state index contributed by atoms with van der Waals surface area (Å²) in [4.78, 5) is 28.3. The summed E-state index contributed by atoms with van der Waals surface area (Å²) >= 11 is 0. The molecule has 1 fully saturated rings. The van der Waals surface area contributed by atoms with Crippen LogP contribution in [-0.4, -0.2) is 46.3 Å². The number of rotatable bonds is 8. The molecule has 1 aliphatic rings. The number of likely N-dealkylation sites (tertiary alicyclic amines) is 1. The molecule has 0 aliphatic carbocycles. The minimum absolute atomic E-state index is 0.0221. The first-order valence-electron chi connectivity index (χ1n) is 11.0. The van der Waals surface area contributed by atoms with E-state index in [1.807, 2.05) is 25.1 Å². The topological polar surface area (TPSA) is 67.2 Å². The van der Waals surface area contributed by atoms with E-state index < -0.39 is 0 Å². The molecular formula is C23H34N4O2. The normalized spacial score (nSPS) is 18.7. The first-order chi connectivity index (χ1) is 14.0. The van der Waals surface area contributed by atoms with Crippen molar-refractivity contribution in [1.29, 1.82) is 0 Å². The number of aryl methyl sites for hydroxylation is 1. The summed E-state index contributed by atoms with van der Waals surface area (Å²) in [6.45, 7) is 10.0. The Hall–Kier alpha value is -2.21. The van der Waals surface area contributed by atoms with E-state index >= 15 is 0 Å². The molecule has 2 atom stereocenters. The van der Waals surface area contributed by atoms with Crippen LogP contribution >= 0.6 is 0 Å². The molecule has 1 aliphatic heterocycles. The molecule has 2 unspecified atom stereocenters. The molecule has 6 nitrogen and oxygen atoms in total. The van der Waals surface area contributed by atoms with Crippen LogP contribution in [0.25, 0.3) is 10.8 Å². The van der Waals surface area contributed by atoms with Gasteiger partial charge < -0.3 is 10.2 Å². The Morgan fingerprint density at radius 1 is 1.28 bits per heavy atom. The first kappa shape index (κ1) is 21.5. The van der Waals surface area contributed by atoms with Crippen LogP contribution in [0.5, 0.6) is 0 Å². The van der Waals surface area contributed by atoms with Gasteiger partial charge in [-0.2, -0.15) is 5.10 Å². The van der Waals surface area contributed by atoms with Gasteiger partial charge in [0.05, 0.1) is 5.39 Å². The Morgan fingerprint density at radius 2 is 2.03 bits per heavy atom. The second-order valence-corrected chi connectivity index (χ2v) is 8.51. The fraction of sp³-hybridized carbons (Fsp3) is 0.609.